The Labute approximate surface area is 123 Å². The summed E-state index contributed by atoms with van der Waals surface area (Å²) < 4.78 is 0. The van der Waals surface area contributed by atoms with Gasteiger partial charge in [-0.3, -0.25) is 14.6 Å². The summed E-state index contributed by atoms with van der Waals surface area (Å²) in [6, 6.07) is 0.235. The maximum Gasteiger partial charge on any atom is 0.308 e. The molecule has 0 amide bonds. The highest BCUT2D eigenvalue weighted by Gasteiger charge is 2.41. The second-order valence-electron chi connectivity index (χ2n) is 7.30. The van der Waals surface area contributed by atoms with Crippen LogP contribution >= 0.6 is 0 Å². The topological polar surface area (TPSA) is 43.8 Å². The Kier molecular flexibility index (Phi) is 4.75. The van der Waals surface area contributed by atoms with Gasteiger partial charge in [-0.15, -0.1) is 0 Å². The molecule has 3 atom stereocenters. The van der Waals surface area contributed by atoms with Crippen molar-refractivity contribution in [2.75, 3.05) is 26.7 Å². The lowest BCUT2D eigenvalue weighted by molar-refractivity contribution is -0.147. The van der Waals surface area contributed by atoms with E-state index in [-0.39, 0.29) is 17.5 Å². The summed E-state index contributed by atoms with van der Waals surface area (Å²) in [5.41, 5.74) is 0.139. The minimum Gasteiger partial charge on any atom is -0.481 e. The summed E-state index contributed by atoms with van der Waals surface area (Å²) in [5.74, 6) is -0.0586. The molecule has 4 heteroatoms. The smallest absolute Gasteiger partial charge is 0.308 e. The van der Waals surface area contributed by atoms with Crippen molar-refractivity contribution < 1.29 is 9.90 Å². The molecule has 0 radical (unpaired) electrons. The second kappa shape index (κ2) is 6.02. The molecule has 0 aromatic carbocycles. The van der Waals surface area contributed by atoms with Gasteiger partial charge in [-0.25, -0.2) is 0 Å². The molecule has 1 aliphatic carbocycles. The lowest BCUT2D eigenvalue weighted by Gasteiger charge is -2.50. The maximum atomic E-state index is 11.6. The summed E-state index contributed by atoms with van der Waals surface area (Å²) in [6.45, 7) is 9.77. The summed E-state index contributed by atoms with van der Waals surface area (Å²) in [5, 5.41) is 9.54. The number of nitrogens with zero attached hydrogens (tertiary/aromatic N) is 2. The Bertz CT molecular complexity index is 356. The van der Waals surface area contributed by atoms with Crippen LogP contribution < -0.4 is 0 Å². The van der Waals surface area contributed by atoms with Gasteiger partial charge in [0, 0.05) is 31.2 Å². The van der Waals surface area contributed by atoms with Gasteiger partial charge in [0.15, 0.2) is 0 Å². The predicted molar refractivity (Wildman–Crippen MR) is 80.8 cm³/mol. The first-order valence-corrected chi connectivity index (χ1v) is 8.03. The lowest BCUT2D eigenvalue weighted by Crippen LogP contribution is -2.62. The SMILES string of the molecule is CCC1CCC(C(=O)O)C(N2CCN(C)C(C)(C)C2)C1. The van der Waals surface area contributed by atoms with Crippen LogP contribution in [0.4, 0.5) is 0 Å². The molecule has 20 heavy (non-hydrogen) atoms. The van der Waals surface area contributed by atoms with Gasteiger partial charge in [0.05, 0.1) is 5.92 Å². The number of aliphatic carboxylic acids is 1. The highest BCUT2D eigenvalue weighted by Crippen LogP contribution is 2.36. The number of likely N-dealkylation sites (N-methyl/N-ethyl adjacent to an activating group) is 1. The van der Waals surface area contributed by atoms with Crippen molar-refractivity contribution >= 4 is 5.97 Å². The van der Waals surface area contributed by atoms with E-state index in [4.69, 9.17) is 0 Å². The van der Waals surface area contributed by atoms with Crippen LogP contribution in [0.2, 0.25) is 0 Å². The number of rotatable bonds is 3. The molecule has 2 rings (SSSR count). The summed E-state index contributed by atoms with van der Waals surface area (Å²) in [6.07, 6.45) is 4.18. The predicted octanol–water partition coefficient (Wildman–Crippen LogP) is 2.29. The molecular formula is C16H30N2O2. The van der Waals surface area contributed by atoms with E-state index < -0.39 is 5.97 Å². The van der Waals surface area contributed by atoms with E-state index in [2.05, 4.69) is 37.6 Å². The van der Waals surface area contributed by atoms with Gasteiger partial charge < -0.3 is 5.11 Å². The molecule has 0 aromatic rings. The van der Waals surface area contributed by atoms with E-state index >= 15 is 0 Å². The molecule has 1 aliphatic heterocycles. The van der Waals surface area contributed by atoms with Crippen LogP contribution in [0.5, 0.6) is 0 Å². The van der Waals surface area contributed by atoms with E-state index in [1.807, 2.05) is 0 Å². The largest absolute Gasteiger partial charge is 0.481 e. The van der Waals surface area contributed by atoms with Gasteiger partial charge in [0.1, 0.15) is 0 Å². The Morgan fingerprint density at radius 1 is 1.30 bits per heavy atom. The molecule has 3 unspecified atom stereocenters. The van der Waals surface area contributed by atoms with Crippen LogP contribution in [-0.4, -0.2) is 59.1 Å². The Balaban J connectivity index is 2.12. The molecule has 2 aliphatic rings. The van der Waals surface area contributed by atoms with Gasteiger partial charge in [-0.05, 0) is 46.1 Å². The Morgan fingerprint density at radius 3 is 2.55 bits per heavy atom. The van der Waals surface area contributed by atoms with E-state index in [0.717, 1.165) is 38.9 Å². The zero-order valence-electron chi connectivity index (χ0n) is 13.4. The molecule has 1 heterocycles. The fourth-order valence-corrected chi connectivity index (χ4v) is 3.85. The number of carboxylic acid groups (broad SMARTS) is 1. The van der Waals surface area contributed by atoms with Crippen molar-refractivity contribution in [2.24, 2.45) is 11.8 Å². The third-order valence-corrected chi connectivity index (χ3v) is 5.63. The first kappa shape index (κ1) is 15.8. The van der Waals surface area contributed by atoms with Crippen molar-refractivity contribution in [1.82, 2.24) is 9.80 Å². The van der Waals surface area contributed by atoms with Gasteiger partial charge in [-0.2, -0.15) is 0 Å². The quantitative estimate of drug-likeness (QED) is 0.862. The first-order valence-electron chi connectivity index (χ1n) is 8.03. The average Bonchev–Trinajstić information content (AvgIpc) is 2.41. The molecule has 0 spiro atoms. The molecule has 4 nitrogen and oxygen atoms in total. The van der Waals surface area contributed by atoms with Crippen molar-refractivity contribution in [2.45, 2.75) is 58.0 Å². The van der Waals surface area contributed by atoms with Crippen LogP contribution in [0.25, 0.3) is 0 Å². The van der Waals surface area contributed by atoms with E-state index in [1.165, 1.54) is 6.42 Å². The van der Waals surface area contributed by atoms with Crippen LogP contribution in [0.15, 0.2) is 0 Å². The van der Waals surface area contributed by atoms with Crippen LogP contribution in [0.1, 0.15) is 46.5 Å². The molecule has 0 bridgehead atoms. The molecule has 0 aromatic heterocycles. The zero-order valence-corrected chi connectivity index (χ0v) is 13.4. The number of carbonyl (C=O) groups is 1. The second-order valence-corrected chi connectivity index (χ2v) is 7.30. The average molecular weight is 282 g/mol. The van der Waals surface area contributed by atoms with Crippen LogP contribution in [0.3, 0.4) is 0 Å². The third kappa shape index (κ3) is 3.17. The number of carboxylic acids is 1. The highest BCUT2D eigenvalue weighted by molar-refractivity contribution is 5.71. The van der Waals surface area contributed by atoms with Crippen molar-refractivity contribution in [3.63, 3.8) is 0 Å². The number of hydrogen-bond acceptors (Lipinski definition) is 3. The summed E-state index contributed by atoms with van der Waals surface area (Å²) in [4.78, 5) is 16.4. The molecule has 2 fully saturated rings. The third-order valence-electron chi connectivity index (χ3n) is 5.63. The van der Waals surface area contributed by atoms with Crippen molar-refractivity contribution in [3.05, 3.63) is 0 Å². The van der Waals surface area contributed by atoms with E-state index in [0.29, 0.717) is 5.92 Å². The van der Waals surface area contributed by atoms with Crippen LogP contribution in [-0.2, 0) is 4.79 Å². The standard InChI is InChI=1S/C16H30N2O2/c1-5-12-6-7-13(15(19)20)14(10-12)18-9-8-17(4)16(2,3)11-18/h12-14H,5-11H2,1-4H3,(H,19,20). The summed E-state index contributed by atoms with van der Waals surface area (Å²) in [7, 11) is 2.17. The fourth-order valence-electron chi connectivity index (χ4n) is 3.85. The molecule has 116 valence electrons. The highest BCUT2D eigenvalue weighted by atomic mass is 16.4. The normalized spacial score (nSPS) is 35.9. The molecule has 1 saturated carbocycles. The van der Waals surface area contributed by atoms with E-state index in [9.17, 15) is 9.90 Å². The van der Waals surface area contributed by atoms with E-state index in [1.54, 1.807) is 0 Å². The number of piperazine rings is 1. The minimum atomic E-state index is -0.596. The van der Waals surface area contributed by atoms with Crippen molar-refractivity contribution in [1.29, 1.82) is 0 Å². The Hall–Kier alpha value is -0.610. The number of hydrogen-bond donors (Lipinski definition) is 1. The van der Waals surface area contributed by atoms with Gasteiger partial charge in [0.25, 0.3) is 0 Å². The lowest BCUT2D eigenvalue weighted by atomic mass is 9.76. The van der Waals surface area contributed by atoms with Gasteiger partial charge in [0.2, 0.25) is 0 Å². The van der Waals surface area contributed by atoms with Crippen molar-refractivity contribution in [3.8, 4) is 0 Å². The van der Waals surface area contributed by atoms with Crippen LogP contribution in [0, 0.1) is 11.8 Å². The Morgan fingerprint density at radius 2 is 2.00 bits per heavy atom. The molecular weight excluding hydrogens is 252 g/mol. The first-order chi connectivity index (χ1) is 9.35. The monoisotopic (exact) mass is 282 g/mol. The zero-order chi connectivity index (χ0) is 14.9. The summed E-state index contributed by atoms with van der Waals surface area (Å²) >= 11 is 0. The maximum absolute atomic E-state index is 11.6. The van der Waals surface area contributed by atoms with Gasteiger partial charge in [-0.1, -0.05) is 13.3 Å². The van der Waals surface area contributed by atoms with Gasteiger partial charge >= 0.3 is 5.97 Å². The minimum absolute atomic E-state index is 0.139. The molecule has 1 N–H and O–H groups in total. The fraction of sp³-hybridized carbons (Fsp3) is 0.938. The molecule has 1 saturated heterocycles.